The van der Waals surface area contributed by atoms with Crippen molar-refractivity contribution in [2.45, 2.75) is 38.8 Å². The molecule has 0 spiro atoms. The lowest BCUT2D eigenvalue weighted by Crippen LogP contribution is -2.47. The van der Waals surface area contributed by atoms with Crippen molar-refractivity contribution in [2.75, 3.05) is 11.6 Å². The number of hydrazone groups is 1. The van der Waals surface area contributed by atoms with E-state index in [4.69, 9.17) is 0 Å². The molecular weight excluding hydrogens is 352 g/mol. The summed E-state index contributed by atoms with van der Waals surface area (Å²) in [7, 11) is 0. The number of hydrogen-bond acceptors (Lipinski definition) is 4. The Bertz CT molecular complexity index is 836. The summed E-state index contributed by atoms with van der Waals surface area (Å²) in [5.74, 6) is -0.494. The van der Waals surface area contributed by atoms with Gasteiger partial charge in [-0.25, -0.2) is 0 Å². The summed E-state index contributed by atoms with van der Waals surface area (Å²) in [6.45, 7) is 4.26. The second-order valence-electron chi connectivity index (χ2n) is 6.84. The Morgan fingerprint density at radius 3 is 2.39 bits per heavy atom. The fourth-order valence-corrected chi connectivity index (χ4v) is 3.15. The molecule has 2 aromatic rings. The average Bonchev–Trinajstić information content (AvgIpc) is 3.19. The third-order valence-electron chi connectivity index (χ3n) is 4.67. The lowest BCUT2D eigenvalue weighted by molar-refractivity contribution is -0.126. The lowest BCUT2D eigenvalue weighted by Gasteiger charge is -2.23. The minimum Gasteiger partial charge on any atom is -0.354 e. The molecule has 1 heterocycles. The molecule has 0 aromatic heterocycles. The van der Waals surface area contributed by atoms with Gasteiger partial charge in [-0.05, 0) is 31.0 Å². The van der Waals surface area contributed by atoms with Crippen LogP contribution in [0.5, 0.6) is 0 Å². The van der Waals surface area contributed by atoms with Crippen LogP contribution in [0.4, 0.5) is 5.69 Å². The highest BCUT2D eigenvalue weighted by molar-refractivity contribution is 6.40. The van der Waals surface area contributed by atoms with Crippen LogP contribution in [-0.4, -0.2) is 30.1 Å². The largest absolute Gasteiger partial charge is 0.354 e. The molecule has 28 heavy (non-hydrogen) atoms. The zero-order valence-corrected chi connectivity index (χ0v) is 16.3. The first-order chi connectivity index (χ1) is 13.6. The van der Waals surface area contributed by atoms with Gasteiger partial charge in [-0.2, -0.15) is 5.10 Å². The van der Waals surface area contributed by atoms with Crippen molar-refractivity contribution in [3.63, 3.8) is 0 Å². The maximum absolute atomic E-state index is 12.7. The molecule has 6 heteroatoms. The third-order valence-corrected chi connectivity index (χ3v) is 4.67. The molecule has 1 aliphatic rings. The summed E-state index contributed by atoms with van der Waals surface area (Å²) in [5.41, 5.74) is 2.44. The summed E-state index contributed by atoms with van der Waals surface area (Å²) in [4.78, 5) is 24.8. The second-order valence-corrected chi connectivity index (χ2v) is 6.84. The summed E-state index contributed by atoms with van der Waals surface area (Å²) in [5, 5.41) is 12.0. The maximum Gasteiger partial charge on any atom is 0.268 e. The molecule has 1 aliphatic heterocycles. The standard InChI is InChI=1S/C22H26N4O2/c1-3-14-23-21(27)16(2)24-22(28)19-15-20(17-10-6-4-7-11-17)26(25-19)18-12-8-5-9-13-18/h4-13,16,20H,3,14-15H2,1-2H3,(H,23,27)(H,24,28)/t16-,20-/m1/s1. The number of para-hydroxylation sites is 1. The summed E-state index contributed by atoms with van der Waals surface area (Å²) in [6, 6.07) is 19.1. The smallest absolute Gasteiger partial charge is 0.268 e. The first kappa shape index (κ1) is 19.6. The van der Waals surface area contributed by atoms with E-state index < -0.39 is 6.04 Å². The van der Waals surface area contributed by atoms with Gasteiger partial charge in [-0.1, -0.05) is 55.5 Å². The van der Waals surface area contributed by atoms with Gasteiger partial charge in [0.25, 0.3) is 5.91 Å². The van der Waals surface area contributed by atoms with Crippen molar-refractivity contribution in [1.29, 1.82) is 0 Å². The lowest BCUT2D eigenvalue weighted by atomic mass is 10.0. The molecule has 2 atom stereocenters. The highest BCUT2D eigenvalue weighted by atomic mass is 16.2. The highest BCUT2D eigenvalue weighted by Gasteiger charge is 2.33. The zero-order chi connectivity index (χ0) is 19.9. The van der Waals surface area contributed by atoms with Gasteiger partial charge in [0.1, 0.15) is 11.8 Å². The van der Waals surface area contributed by atoms with Gasteiger partial charge in [0, 0.05) is 13.0 Å². The van der Waals surface area contributed by atoms with Crippen LogP contribution in [0, 0.1) is 0 Å². The van der Waals surface area contributed by atoms with E-state index in [0.29, 0.717) is 18.7 Å². The van der Waals surface area contributed by atoms with E-state index in [1.807, 2.05) is 72.6 Å². The molecule has 0 radical (unpaired) electrons. The molecule has 3 rings (SSSR count). The van der Waals surface area contributed by atoms with E-state index in [1.165, 1.54) is 0 Å². The van der Waals surface area contributed by atoms with Gasteiger partial charge in [0.2, 0.25) is 5.91 Å². The second kappa shape index (κ2) is 9.17. The van der Waals surface area contributed by atoms with Crippen LogP contribution in [0.15, 0.2) is 65.8 Å². The quantitative estimate of drug-likeness (QED) is 0.778. The number of nitrogens with one attached hydrogen (secondary N) is 2. The molecule has 0 fully saturated rings. The van der Waals surface area contributed by atoms with Crippen LogP contribution < -0.4 is 15.6 Å². The van der Waals surface area contributed by atoms with Crippen molar-refractivity contribution < 1.29 is 9.59 Å². The van der Waals surface area contributed by atoms with Gasteiger partial charge in [0.05, 0.1) is 11.7 Å². The third kappa shape index (κ3) is 4.57. The minimum atomic E-state index is -0.609. The topological polar surface area (TPSA) is 73.8 Å². The fourth-order valence-electron chi connectivity index (χ4n) is 3.15. The van der Waals surface area contributed by atoms with E-state index in [0.717, 1.165) is 17.7 Å². The summed E-state index contributed by atoms with van der Waals surface area (Å²) >= 11 is 0. The number of benzene rings is 2. The Morgan fingerprint density at radius 2 is 1.75 bits per heavy atom. The van der Waals surface area contributed by atoms with Crippen LogP contribution >= 0.6 is 0 Å². The van der Waals surface area contributed by atoms with Crippen LogP contribution in [0.2, 0.25) is 0 Å². The van der Waals surface area contributed by atoms with E-state index in [9.17, 15) is 9.59 Å². The fraction of sp³-hybridized carbons (Fsp3) is 0.318. The Kier molecular flexibility index (Phi) is 6.42. The summed E-state index contributed by atoms with van der Waals surface area (Å²) < 4.78 is 0. The molecule has 0 saturated heterocycles. The number of hydrogen-bond donors (Lipinski definition) is 2. The Morgan fingerprint density at radius 1 is 1.11 bits per heavy atom. The van der Waals surface area contributed by atoms with Crippen molar-refractivity contribution in [1.82, 2.24) is 10.6 Å². The highest BCUT2D eigenvalue weighted by Crippen LogP contribution is 2.34. The van der Waals surface area contributed by atoms with Crippen molar-refractivity contribution in [2.24, 2.45) is 5.10 Å². The Balaban J connectivity index is 1.78. The molecule has 6 nitrogen and oxygen atoms in total. The molecule has 0 aliphatic carbocycles. The Hall–Kier alpha value is -3.15. The molecule has 146 valence electrons. The van der Waals surface area contributed by atoms with E-state index in [1.54, 1.807) is 6.92 Å². The average molecular weight is 378 g/mol. The molecule has 0 bridgehead atoms. The first-order valence-corrected chi connectivity index (χ1v) is 9.65. The van der Waals surface area contributed by atoms with Gasteiger partial charge in [-0.3, -0.25) is 14.6 Å². The normalized spacial score (nSPS) is 17.0. The molecule has 0 unspecified atom stereocenters. The van der Waals surface area contributed by atoms with Gasteiger partial charge < -0.3 is 10.6 Å². The van der Waals surface area contributed by atoms with Crippen LogP contribution in [0.3, 0.4) is 0 Å². The van der Waals surface area contributed by atoms with Gasteiger partial charge >= 0.3 is 0 Å². The molecule has 2 amide bonds. The molecule has 0 saturated carbocycles. The van der Waals surface area contributed by atoms with E-state index in [-0.39, 0.29) is 17.9 Å². The number of anilines is 1. The molecule has 2 N–H and O–H groups in total. The SMILES string of the molecule is CCCNC(=O)[C@@H](C)NC(=O)C1=NN(c2ccccc2)[C@@H](c2ccccc2)C1. The number of nitrogens with zero attached hydrogens (tertiary/aromatic N) is 2. The number of carbonyl (C=O) groups excluding carboxylic acids is 2. The van der Waals surface area contributed by atoms with Gasteiger partial charge in [-0.15, -0.1) is 0 Å². The Labute approximate surface area is 165 Å². The van der Waals surface area contributed by atoms with Crippen molar-refractivity contribution >= 4 is 23.2 Å². The van der Waals surface area contributed by atoms with Crippen molar-refractivity contribution in [3.05, 3.63) is 66.2 Å². The number of carbonyl (C=O) groups is 2. The van der Waals surface area contributed by atoms with Crippen LogP contribution in [0.1, 0.15) is 38.3 Å². The predicted octanol–water partition coefficient (Wildman–Crippen LogP) is 3.02. The predicted molar refractivity (Wildman–Crippen MR) is 111 cm³/mol. The number of amides is 2. The first-order valence-electron chi connectivity index (χ1n) is 9.65. The van der Waals surface area contributed by atoms with E-state index >= 15 is 0 Å². The molecular formula is C22H26N4O2. The minimum absolute atomic E-state index is 0.0615. The van der Waals surface area contributed by atoms with Crippen LogP contribution in [0.25, 0.3) is 0 Å². The zero-order valence-electron chi connectivity index (χ0n) is 16.3. The molecule has 2 aromatic carbocycles. The van der Waals surface area contributed by atoms with Crippen molar-refractivity contribution in [3.8, 4) is 0 Å². The van der Waals surface area contributed by atoms with E-state index in [2.05, 4.69) is 15.7 Å². The number of rotatable bonds is 7. The van der Waals surface area contributed by atoms with Crippen LogP contribution in [-0.2, 0) is 9.59 Å². The monoisotopic (exact) mass is 378 g/mol. The summed E-state index contributed by atoms with van der Waals surface area (Å²) in [6.07, 6.45) is 1.33. The van der Waals surface area contributed by atoms with Gasteiger partial charge in [0.15, 0.2) is 0 Å². The maximum atomic E-state index is 12.7.